The van der Waals surface area contributed by atoms with Crippen LogP contribution in [0, 0.1) is 0 Å². The number of ether oxygens (including phenoxy) is 2. The first kappa shape index (κ1) is 22.2. The summed E-state index contributed by atoms with van der Waals surface area (Å²) < 4.78 is 15.6. The number of nitrogens with zero attached hydrogens (tertiary/aromatic N) is 4. The van der Waals surface area contributed by atoms with Gasteiger partial charge in [-0.2, -0.15) is 4.98 Å². The van der Waals surface area contributed by atoms with Gasteiger partial charge in [-0.3, -0.25) is 18.5 Å². The maximum Gasteiger partial charge on any atom is 0.332 e. The third-order valence-corrected chi connectivity index (χ3v) is 5.96. The molecule has 3 aromatic carbocycles. The highest BCUT2D eigenvalue weighted by Crippen LogP contribution is 2.28. The van der Waals surface area contributed by atoms with Gasteiger partial charge in [-0.1, -0.05) is 54.6 Å². The van der Waals surface area contributed by atoms with E-state index in [0.717, 1.165) is 21.3 Å². The predicted molar refractivity (Wildman–Crippen MR) is 134 cm³/mol. The number of rotatable bonds is 6. The van der Waals surface area contributed by atoms with E-state index in [1.54, 1.807) is 18.7 Å². The molecule has 5 rings (SSSR count). The van der Waals surface area contributed by atoms with Gasteiger partial charge in [0.25, 0.3) is 5.56 Å². The van der Waals surface area contributed by atoms with Gasteiger partial charge in [0.15, 0.2) is 11.2 Å². The number of hydrogen-bond donors (Lipinski definition) is 0. The maximum absolute atomic E-state index is 13.1. The van der Waals surface area contributed by atoms with Crippen LogP contribution in [0.4, 0.5) is 0 Å². The fourth-order valence-electron chi connectivity index (χ4n) is 4.06. The van der Waals surface area contributed by atoms with Crippen LogP contribution in [0.1, 0.15) is 5.56 Å². The molecule has 8 nitrogen and oxygen atoms in total. The Labute approximate surface area is 201 Å². The van der Waals surface area contributed by atoms with Crippen molar-refractivity contribution in [2.24, 2.45) is 14.1 Å². The van der Waals surface area contributed by atoms with Gasteiger partial charge < -0.3 is 9.47 Å². The maximum atomic E-state index is 13.1. The van der Waals surface area contributed by atoms with Gasteiger partial charge in [0.2, 0.25) is 0 Å². The van der Waals surface area contributed by atoms with E-state index in [0.29, 0.717) is 18.0 Å². The van der Waals surface area contributed by atoms with Gasteiger partial charge in [0, 0.05) is 14.1 Å². The Balaban J connectivity index is 1.60. The highest BCUT2D eigenvalue weighted by molar-refractivity contribution is 5.72. The molecule has 0 aliphatic rings. The third kappa shape index (κ3) is 4.10. The topological polar surface area (TPSA) is 80.3 Å². The van der Waals surface area contributed by atoms with E-state index in [1.165, 1.54) is 11.6 Å². The van der Waals surface area contributed by atoms with E-state index >= 15 is 0 Å². The molecule has 176 valence electrons. The molecule has 0 bridgehead atoms. The van der Waals surface area contributed by atoms with Crippen LogP contribution in [0.5, 0.6) is 17.5 Å². The molecule has 0 aliphatic heterocycles. The second kappa shape index (κ2) is 8.98. The van der Waals surface area contributed by atoms with Crippen molar-refractivity contribution in [1.29, 1.82) is 0 Å². The Kier molecular flexibility index (Phi) is 5.70. The fraction of sp³-hybridized carbons (Fsp3) is 0.148. The van der Waals surface area contributed by atoms with Crippen LogP contribution >= 0.6 is 0 Å². The Hall–Kier alpha value is -4.59. The van der Waals surface area contributed by atoms with E-state index < -0.39 is 11.2 Å². The number of benzene rings is 3. The van der Waals surface area contributed by atoms with Crippen molar-refractivity contribution in [2.75, 3.05) is 7.11 Å². The Morgan fingerprint density at radius 3 is 2.23 bits per heavy atom. The lowest BCUT2D eigenvalue weighted by Crippen LogP contribution is -2.37. The molecular formula is C27H24N4O4. The highest BCUT2D eigenvalue weighted by atomic mass is 16.5. The summed E-state index contributed by atoms with van der Waals surface area (Å²) in [6, 6.07) is 25.5. The summed E-state index contributed by atoms with van der Waals surface area (Å²) in [4.78, 5) is 30.2. The van der Waals surface area contributed by atoms with Crippen molar-refractivity contribution in [1.82, 2.24) is 18.7 Å². The minimum atomic E-state index is -0.452. The molecule has 0 unspecified atom stereocenters. The summed E-state index contributed by atoms with van der Waals surface area (Å²) >= 11 is 0. The normalized spacial score (nSPS) is 11.1. The third-order valence-electron chi connectivity index (χ3n) is 5.96. The van der Waals surface area contributed by atoms with Crippen LogP contribution in [-0.2, 0) is 20.6 Å². The first-order chi connectivity index (χ1) is 17.0. The molecule has 8 heteroatoms. The van der Waals surface area contributed by atoms with Crippen LogP contribution in [0.25, 0.3) is 22.3 Å². The van der Waals surface area contributed by atoms with Gasteiger partial charge in [-0.05, 0) is 41.0 Å². The fourth-order valence-corrected chi connectivity index (χ4v) is 4.06. The summed E-state index contributed by atoms with van der Waals surface area (Å²) in [5.41, 5.74) is 2.70. The molecule has 0 saturated heterocycles. The highest BCUT2D eigenvalue weighted by Gasteiger charge is 2.21. The molecule has 2 heterocycles. The molecular weight excluding hydrogens is 444 g/mol. The zero-order valence-corrected chi connectivity index (χ0v) is 19.6. The Morgan fingerprint density at radius 2 is 1.51 bits per heavy atom. The molecule has 0 fully saturated rings. The molecule has 0 spiro atoms. The minimum Gasteiger partial charge on any atom is -0.497 e. The molecule has 5 aromatic rings. The van der Waals surface area contributed by atoms with Crippen LogP contribution in [0.2, 0.25) is 0 Å². The van der Waals surface area contributed by atoms with Gasteiger partial charge in [-0.15, -0.1) is 0 Å². The molecule has 0 N–H and O–H groups in total. The van der Waals surface area contributed by atoms with Crippen molar-refractivity contribution < 1.29 is 9.47 Å². The Morgan fingerprint density at radius 1 is 0.800 bits per heavy atom. The van der Waals surface area contributed by atoms with Gasteiger partial charge in [0.05, 0.1) is 13.7 Å². The minimum absolute atomic E-state index is 0.216. The average Bonchev–Trinajstić information content (AvgIpc) is 3.25. The smallest absolute Gasteiger partial charge is 0.332 e. The van der Waals surface area contributed by atoms with Crippen molar-refractivity contribution >= 4 is 11.2 Å². The molecule has 0 amide bonds. The first-order valence-electron chi connectivity index (χ1n) is 11.1. The molecule has 35 heavy (non-hydrogen) atoms. The first-order valence-corrected chi connectivity index (χ1v) is 11.1. The van der Waals surface area contributed by atoms with Crippen molar-refractivity contribution in [3.63, 3.8) is 0 Å². The van der Waals surface area contributed by atoms with Crippen LogP contribution in [0.15, 0.2) is 88.5 Å². The van der Waals surface area contributed by atoms with Gasteiger partial charge >= 0.3 is 11.7 Å². The predicted octanol–water partition coefficient (Wildman–Crippen LogP) is 3.95. The lowest BCUT2D eigenvalue weighted by Gasteiger charge is -2.11. The van der Waals surface area contributed by atoms with E-state index in [2.05, 4.69) is 4.98 Å². The average molecular weight is 469 g/mol. The quantitative estimate of drug-likeness (QED) is 0.377. The van der Waals surface area contributed by atoms with E-state index in [9.17, 15) is 9.59 Å². The zero-order valence-electron chi connectivity index (χ0n) is 19.6. The summed E-state index contributed by atoms with van der Waals surface area (Å²) in [5, 5.41) is 0. The Bertz CT molecular complexity index is 1630. The number of fused-ring (bicyclic) bond motifs is 1. The zero-order chi connectivity index (χ0) is 24.5. The van der Waals surface area contributed by atoms with Crippen LogP contribution in [-0.4, -0.2) is 25.8 Å². The summed E-state index contributed by atoms with van der Waals surface area (Å²) in [5.74, 6) is 1.26. The molecule has 0 saturated carbocycles. The van der Waals surface area contributed by atoms with Crippen molar-refractivity contribution in [2.45, 2.75) is 6.54 Å². The largest absolute Gasteiger partial charge is 0.497 e. The van der Waals surface area contributed by atoms with Crippen molar-refractivity contribution in [3.8, 4) is 28.6 Å². The second-order valence-electron chi connectivity index (χ2n) is 8.20. The lowest BCUT2D eigenvalue weighted by atomic mass is 10.1. The SMILES string of the molecule is COc1cccc(Cn2c(Oc3ccc(-c4ccccc4)cc3)nc3c2c(=O)n(C)c(=O)n3C)c1. The van der Waals surface area contributed by atoms with E-state index in [4.69, 9.17) is 9.47 Å². The number of imidazole rings is 1. The van der Waals surface area contributed by atoms with Crippen molar-refractivity contribution in [3.05, 3.63) is 105 Å². The molecule has 0 radical (unpaired) electrons. The standard InChI is InChI=1S/C27H24N4O4/c1-29-24-23(25(32)30(2)27(29)33)31(17-18-8-7-11-22(16-18)34-3)26(28-24)35-21-14-12-20(13-15-21)19-9-5-4-6-10-19/h4-16H,17H2,1-3H3. The molecule has 2 aromatic heterocycles. The summed E-state index contributed by atoms with van der Waals surface area (Å²) in [6.45, 7) is 0.304. The number of aryl methyl sites for hydroxylation is 1. The van der Waals surface area contributed by atoms with Gasteiger partial charge in [0.1, 0.15) is 11.5 Å². The van der Waals surface area contributed by atoms with E-state index in [-0.39, 0.29) is 17.2 Å². The number of methoxy groups -OCH3 is 1. The van der Waals surface area contributed by atoms with Crippen LogP contribution < -0.4 is 20.7 Å². The molecule has 0 atom stereocenters. The van der Waals surface area contributed by atoms with Gasteiger partial charge in [-0.25, -0.2) is 4.79 Å². The van der Waals surface area contributed by atoms with Crippen LogP contribution in [0.3, 0.4) is 0 Å². The number of hydrogen-bond acceptors (Lipinski definition) is 5. The monoisotopic (exact) mass is 468 g/mol. The lowest BCUT2D eigenvalue weighted by molar-refractivity contribution is 0.412. The molecule has 0 aliphatic carbocycles. The summed E-state index contributed by atoms with van der Waals surface area (Å²) in [6.07, 6.45) is 0. The van der Waals surface area contributed by atoms with E-state index in [1.807, 2.05) is 78.9 Å². The number of aromatic nitrogens is 4. The summed E-state index contributed by atoms with van der Waals surface area (Å²) in [7, 11) is 4.64. The second-order valence-corrected chi connectivity index (χ2v) is 8.20.